The van der Waals surface area contributed by atoms with Gasteiger partial charge in [0.25, 0.3) is 0 Å². The first-order valence-electron chi connectivity index (χ1n) is 9.87. The van der Waals surface area contributed by atoms with E-state index in [4.69, 9.17) is 5.11 Å². The molecular weight excluding hydrogens is 362 g/mol. The van der Waals surface area contributed by atoms with Crippen molar-refractivity contribution in [2.24, 2.45) is 0 Å². The topological polar surface area (TPSA) is 77.8 Å². The molecule has 1 heterocycles. The van der Waals surface area contributed by atoms with E-state index >= 15 is 0 Å². The number of carbonyl (C=O) groups excluding carboxylic acids is 1. The number of hydrogen-bond donors (Lipinski definition) is 2. The van der Waals surface area contributed by atoms with Gasteiger partial charge in [0.15, 0.2) is 0 Å². The monoisotopic (exact) mass is 393 g/mol. The summed E-state index contributed by atoms with van der Waals surface area (Å²) in [4.78, 5) is 24.8. The molecule has 1 aliphatic rings. The fourth-order valence-electron chi connectivity index (χ4n) is 3.57. The highest BCUT2D eigenvalue weighted by atomic mass is 32.2. The predicted molar refractivity (Wildman–Crippen MR) is 109 cm³/mol. The zero-order valence-corrected chi connectivity index (χ0v) is 16.7. The van der Waals surface area contributed by atoms with Crippen LogP contribution in [0.15, 0.2) is 30.3 Å². The van der Waals surface area contributed by atoms with Crippen molar-refractivity contribution >= 4 is 23.6 Å². The maximum atomic E-state index is 12.3. The molecule has 1 aliphatic heterocycles. The molecule has 0 spiro atoms. The van der Waals surface area contributed by atoms with E-state index in [2.05, 4.69) is 0 Å². The minimum absolute atomic E-state index is 0.190. The van der Waals surface area contributed by atoms with Gasteiger partial charge in [0.2, 0.25) is 5.91 Å². The average Bonchev–Trinajstić information content (AvgIpc) is 2.65. The Morgan fingerprint density at radius 2 is 2.04 bits per heavy atom. The molecular formula is C21H31NO4S. The molecule has 0 radical (unpaired) electrons. The lowest BCUT2D eigenvalue weighted by atomic mass is 9.94. The number of thioether (sulfide) groups is 1. The summed E-state index contributed by atoms with van der Waals surface area (Å²) < 4.78 is 0. The number of hydrogen-bond acceptors (Lipinski definition) is 4. The molecule has 0 aliphatic carbocycles. The summed E-state index contributed by atoms with van der Waals surface area (Å²) in [6, 6.07) is 10.2. The molecule has 2 rings (SSSR count). The van der Waals surface area contributed by atoms with E-state index < -0.39 is 5.97 Å². The number of carboxylic acid groups (broad SMARTS) is 1. The first-order valence-corrected chi connectivity index (χ1v) is 11.0. The van der Waals surface area contributed by atoms with Gasteiger partial charge in [-0.2, -0.15) is 11.8 Å². The van der Waals surface area contributed by atoms with Crippen molar-refractivity contribution in [3.63, 3.8) is 0 Å². The minimum atomic E-state index is -0.761. The average molecular weight is 394 g/mol. The number of piperidine rings is 1. The molecule has 0 aromatic heterocycles. The summed E-state index contributed by atoms with van der Waals surface area (Å²) in [5.41, 5.74) is 1.14. The van der Waals surface area contributed by atoms with Gasteiger partial charge in [-0.3, -0.25) is 9.59 Å². The molecule has 1 amide bonds. The van der Waals surface area contributed by atoms with Crippen LogP contribution in [0, 0.1) is 0 Å². The fraction of sp³-hybridized carbons (Fsp3) is 0.619. The first kappa shape index (κ1) is 21.8. The second-order valence-electron chi connectivity index (χ2n) is 7.16. The smallest absolute Gasteiger partial charge is 0.304 e. The molecule has 1 fully saturated rings. The summed E-state index contributed by atoms with van der Waals surface area (Å²) in [6.07, 6.45) is 5.46. The summed E-state index contributed by atoms with van der Waals surface area (Å²) in [5.74, 6) is 0.959. The zero-order valence-electron chi connectivity index (χ0n) is 15.9. The Kier molecular flexibility index (Phi) is 9.70. The van der Waals surface area contributed by atoms with Gasteiger partial charge in [0, 0.05) is 24.8 Å². The molecule has 1 saturated heterocycles. The number of amides is 1. The lowest BCUT2D eigenvalue weighted by Crippen LogP contribution is -2.44. The number of benzene rings is 1. The molecule has 1 aromatic rings. The third-order valence-corrected chi connectivity index (χ3v) is 6.05. The highest BCUT2D eigenvalue weighted by molar-refractivity contribution is 7.99. The number of aliphatic carboxylic acids is 1. The van der Waals surface area contributed by atoms with Crippen molar-refractivity contribution in [3.8, 4) is 0 Å². The van der Waals surface area contributed by atoms with Crippen molar-refractivity contribution in [1.82, 2.24) is 4.90 Å². The number of aliphatic hydroxyl groups excluding tert-OH is 1. The largest absolute Gasteiger partial charge is 0.481 e. The summed E-state index contributed by atoms with van der Waals surface area (Å²) >= 11 is 1.63. The standard InChI is InChI=1S/C21H31NO4S/c23-19(16-17-6-2-1-3-7-17)11-10-18-8-4-9-20(24)22(18)13-5-14-27-15-12-21(25)26/h1-3,6-7,18-19,23H,4-5,8-16H2,(H,25,26)/t18-,19?/m1/s1. The van der Waals surface area contributed by atoms with E-state index in [1.807, 2.05) is 35.2 Å². The van der Waals surface area contributed by atoms with E-state index in [0.717, 1.165) is 43.5 Å². The molecule has 0 saturated carbocycles. The van der Waals surface area contributed by atoms with Crippen LogP contribution in [0.5, 0.6) is 0 Å². The quantitative estimate of drug-likeness (QED) is 0.533. The lowest BCUT2D eigenvalue weighted by Gasteiger charge is -2.36. The molecule has 5 nitrogen and oxygen atoms in total. The number of carboxylic acids is 1. The Hall–Kier alpha value is -1.53. The van der Waals surface area contributed by atoms with Crippen molar-refractivity contribution in [3.05, 3.63) is 35.9 Å². The number of nitrogens with zero attached hydrogens (tertiary/aromatic N) is 1. The van der Waals surface area contributed by atoms with Crippen molar-refractivity contribution < 1.29 is 19.8 Å². The van der Waals surface area contributed by atoms with Crippen LogP contribution in [-0.4, -0.2) is 57.2 Å². The Morgan fingerprint density at radius 1 is 1.26 bits per heavy atom. The van der Waals surface area contributed by atoms with Crippen LogP contribution in [0.3, 0.4) is 0 Å². The zero-order chi connectivity index (χ0) is 19.5. The van der Waals surface area contributed by atoms with Gasteiger partial charge < -0.3 is 15.1 Å². The number of aliphatic hydroxyl groups is 1. The molecule has 2 N–H and O–H groups in total. The van der Waals surface area contributed by atoms with Crippen LogP contribution in [0.2, 0.25) is 0 Å². The summed E-state index contributed by atoms with van der Waals surface area (Å²) in [7, 11) is 0. The van der Waals surface area contributed by atoms with Gasteiger partial charge in [0.1, 0.15) is 0 Å². The van der Waals surface area contributed by atoms with Crippen molar-refractivity contribution in [1.29, 1.82) is 0 Å². The molecule has 27 heavy (non-hydrogen) atoms. The maximum Gasteiger partial charge on any atom is 0.304 e. The Bertz CT molecular complexity index is 581. The van der Waals surface area contributed by atoms with Crippen LogP contribution in [0.1, 0.15) is 50.5 Å². The molecule has 1 aromatic carbocycles. The van der Waals surface area contributed by atoms with Gasteiger partial charge in [0.05, 0.1) is 12.5 Å². The second-order valence-corrected chi connectivity index (χ2v) is 8.39. The highest BCUT2D eigenvalue weighted by Gasteiger charge is 2.27. The lowest BCUT2D eigenvalue weighted by molar-refractivity contribution is -0.137. The number of rotatable bonds is 12. The normalized spacial score (nSPS) is 18.5. The van der Waals surface area contributed by atoms with E-state index in [1.165, 1.54) is 0 Å². The van der Waals surface area contributed by atoms with Crippen LogP contribution >= 0.6 is 11.8 Å². The first-order chi connectivity index (χ1) is 13.1. The van der Waals surface area contributed by atoms with Gasteiger partial charge in [-0.05, 0) is 49.8 Å². The fourth-order valence-corrected chi connectivity index (χ4v) is 4.43. The summed E-state index contributed by atoms with van der Waals surface area (Å²) in [5, 5.41) is 19.0. The number of carbonyl (C=O) groups is 2. The predicted octanol–water partition coefficient (Wildman–Crippen LogP) is 3.35. The molecule has 150 valence electrons. The van der Waals surface area contributed by atoms with Crippen molar-refractivity contribution in [2.45, 2.75) is 63.5 Å². The summed E-state index contributed by atoms with van der Waals surface area (Å²) in [6.45, 7) is 0.734. The molecule has 6 heteroatoms. The van der Waals surface area contributed by atoms with Crippen LogP contribution < -0.4 is 0 Å². The maximum absolute atomic E-state index is 12.3. The van der Waals surface area contributed by atoms with Gasteiger partial charge in [-0.25, -0.2) is 0 Å². The molecule has 2 atom stereocenters. The van der Waals surface area contributed by atoms with Crippen LogP contribution in [0.4, 0.5) is 0 Å². The second kappa shape index (κ2) is 12.0. The highest BCUT2D eigenvalue weighted by Crippen LogP contribution is 2.24. The Morgan fingerprint density at radius 3 is 2.78 bits per heavy atom. The van der Waals surface area contributed by atoms with E-state index in [0.29, 0.717) is 25.0 Å². The van der Waals surface area contributed by atoms with Crippen LogP contribution in [0.25, 0.3) is 0 Å². The van der Waals surface area contributed by atoms with Gasteiger partial charge >= 0.3 is 5.97 Å². The van der Waals surface area contributed by atoms with Gasteiger partial charge in [-0.15, -0.1) is 0 Å². The SMILES string of the molecule is O=C(O)CCSCCCN1C(=O)CCC[C@@H]1CCC(O)Cc1ccccc1. The van der Waals surface area contributed by atoms with E-state index in [9.17, 15) is 14.7 Å². The van der Waals surface area contributed by atoms with Gasteiger partial charge in [-0.1, -0.05) is 30.3 Å². The van der Waals surface area contributed by atoms with Crippen LogP contribution in [-0.2, 0) is 16.0 Å². The number of likely N-dealkylation sites (tertiary alicyclic amines) is 1. The third kappa shape index (κ3) is 8.35. The van der Waals surface area contributed by atoms with E-state index in [-0.39, 0.29) is 24.5 Å². The Labute approximate surface area is 166 Å². The van der Waals surface area contributed by atoms with E-state index in [1.54, 1.807) is 11.8 Å². The third-order valence-electron chi connectivity index (χ3n) is 4.98. The Balaban J connectivity index is 1.72. The minimum Gasteiger partial charge on any atom is -0.481 e. The van der Waals surface area contributed by atoms with Crippen molar-refractivity contribution in [2.75, 3.05) is 18.1 Å². The molecule has 0 bridgehead atoms. The molecule has 1 unspecified atom stereocenters.